The predicted octanol–water partition coefficient (Wildman–Crippen LogP) is 3.66. The van der Waals surface area contributed by atoms with Crippen LogP contribution in [0.4, 0.5) is 11.4 Å². The number of aryl methyl sites for hydroxylation is 1. The zero-order valence-electron chi connectivity index (χ0n) is 9.24. The molecule has 0 unspecified atom stereocenters. The number of hydrogen-bond donors (Lipinski definition) is 1. The van der Waals surface area contributed by atoms with Crippen LogP contribution in [0.5, 0.6) is 0 Å². The largest absolute Gasteiger partial charge is 0.354 e. The molecule has 0 aliphatic heterocycles. The van der Waals surface area contributed by atoms with E-state index < -0.39 is 0 Å². The molecule has 1 aromatic heterocycles. The highest BCUT2D eigenvalue weighted by molar-refractivity contribution is 6.32. The molecule has 0 aliphatic rings. The average Bonchev–Trinajstić information content (AvgIpc) is 2.32. The van der Waals surface area contributed by atoms with Crippen LogP contribution >= 0.6 is 11.6 Å². The molecule has 0 atom stereocenters. The second kappa shape index (κ2) is 4.86. The first-order valence-electron chi connectivity index (χ1n) is 5.08. The van der Waals surface area contributed by atoms with Crippen LogP contribution in [0.3, 0.4) is 0 Å². The van der Waals surface area contributed by atoms with E-state index in [1.165, 1.54) is 0 Å². The molecule has 17 heavy (non-hydrogen) atoms. The summed E-state index contributed by atoms with van der Waals surface area (Å²) >= 11 is 5.96. The first kappa shape index (κ1) is 11.4. The minimum absolute atomic E-state index is 0.444. The Labute approximate surface area is 105 Å². The summed E-state index contributed by atoms with van der Waals surface area (Å²) in [5.74, 6) is 0. The van der Waals surface area contributed by atoms with E-state index in [4.69, 9.17) is 16.9 Å². The number of nitrogens with one attached hydrogen (secondary N) is 1. The minimum atomic E-state index is 0.444. The van der Waals surface area contributed by atoms with Crippen molar-refractivity contribution in [1.29, 1.82) is 5.26 Å². The Balaban J connectivity index is 2.29. The molecular weight excluding hydrogens is 234 g/mol. The molecule has 0 bridgehead atoms. The summed E-state index contributed by atoms with van der Waals surface area (Å²) in [4.78, 5) is 4.05. The average molecular weight is 244 g/mol. The van der Waals surface area contributed by atoms with Gasteiger partial charge in [0.1, 0.15) is 6.07 Å². The van der Waals surface area contributed by atoms with Gasteiger partial charge in [-0.3, -0.25) is 4.98 Å². The molecule has 84 valence electrons. The van der Waals surface area contributed by atoms with Crippen molar-refractivity contribution in [1.82, 2.24) is 4.98 Å². The first-order chi connectivity index (χ1) is 8.20. The number of nitriles is 1. The van der Waals surface area contributed by atoms with E-state index in [0.717, 1.165) is 16.9 Å². The van der Waals surface area contributed by atoms with E-state index in [0.29, 0.717) is 10.6 Å². The van der Waals surface area contributed by atoms with Crippen LogP contribution in [0.1, 0.15) is 11.1 Å². The summed E-state index contributed by atoms with van der Waals surface area (Å²) in [6.07, 6.45) is 3.49. The van der Waals surface area contributed by atoms with E-state index in [9.17, 15) is 0 Å². The lowest BCUT2D eigenvalue weighted by atomic mass is 10.2. The first-order valence-corrected chi connectivity index (χ1v) is 5.46. The van der Waals surface area contributed by atoms with Gasteiger partial charge in [-0.1, -0.05) is 11.6 Å². The molecule has 2 aromatic rings. The molecule has 1 heterocycles. The van der Waals surface area contributed by atoms with Crippen molar-refractivity contribution in [2.75, 3.05) is 5.32 Å². The molecule has 0 spiro atoms. The van der Waals surface area contributed by atoms with E-state index in [1.54, 1.807) is 24.5 Å². The second-order valence-corrected chi connectivity index (χ2v) is 4.03. The number of rotatable bonds is 2. The minimum Gasteiger partial charge on any atom is -0.354 e. The Bertz CT molecular complexity index is 587. The van der Waals surface area contributed by atoms with Gasteiger partial charge in [0, 0.05) is 11.9 Å². The number of anilines is 2. The summed E-state index contributed by atoms with van der Waals surface area (Å²) < 4.78 is 0. The van der Waals surface area contributed by atoms with Crippen LogP contribution in [-0.4, -0.2) is 4.98 Å². The number of nitrogens with zero attached hydrogens (tertiary/aromatic N) is 2. The molecule has 4 heteroatoms. The third-order valence-corrected chi connectivity index (χ3v) is 2.72. The SMILES string of the molecule is Cc1ccncc1Nc1ccc(C#N)c(Cl)c1. The molecule has 0 saturated carbocycles. The maximum Gasteiger partial charge on any atom is 0.101 e. The van der Waals surface area contributed by atoms with Crippen molar-refractivity contribution in [2.24, 2.45) is 0 Å². The zero-order valence-corrected chi connectivity index (χ0v) is 9.99. The van der Waals surface area contributed by atoms with E-state index in [2.05, 4.69) is 10.3 Å². The number of pyridine rings is 1. The molecule has 0 saturated heterocycles. The number of benzene rings is 1. The van der Waals surface area contributed by atoms with Crippen LogP contribution in [0, 0.1) is 18.3 Å². The standard InChI is InChI=1S/C13H10ClN3/c1-9-4-5-16-8-13(9)17-11-3-2-10(7-15)12(14)6-11/h2-6,8,17H,1H3. The zero-order chi connectivity index (χ0) is 12.3. The summed E-state index contributed by atoms with van der Waals surface area (Å²) in [6.45, 7) is 2.00. The fourth-order valence-electron chi connectivity index (χ4n) is 1.43. The maximum absolute atomic E-state index is 8.78. The van der Waals surface area contributed by atoms with Crippen LogP contribution in [0.25, 0.3) is 0 Å². The van der Waals surface area contributed by atoms with Gasteiger partial charge in [-0.2, -0.15) is 5.26 Å². The van der Waals surface area contributed by atoms with Gasteiger partial charge in [0.2, 0.25) is 0 Å². The highest BCUT2D eigenvalue weighted by Crippen LogP contribution is 2.24. The van der Waals surface area contributed by atoms with Gasteiger partial charge in [-0.25, -0.2) is 0 Å². The fraction of sp³-hybridized carbons (Fsp3) is 0.0769. The van der Waals surface area contributed by atoms with Gasteiger partial charge in [0.25, 0.3) is 0 Å². The van der Waals surface area contributed by atoms with Crippen LogP contribution in [-0.2, 0) is 0 Å². The van der Waals surface area contributed by atoms with Crippen molar-refractivity contribution < 1.29 is 0 Å². The van der Waals surface area contributed by atoms with Gasteiger partial charge < -0.3 is 5.32 Å². The molecule has 2 rings (SSSR count). The lowest BCUT2D eigenvalue weighted by Gasteiger charge is -2.09. The highest BCUT2D eigenvalue weighted by atomic mass is 35.5. The lowest BCUT2D eigenvalue weighted by Crippen LogP contribution is -1.94. The van der Waals surface area contributed by atoms with E-state index in [1.807, 2.05) is 25.1 Å². The summed E-state index contributed by atoms with van der Waals surface area (Å²) in [5, 5.41) is 12.4. The smallest absolute Gasteiger partial charge is 0.101 e. The monoisotopic (exact) mass is 243 g/mol. The van der Waals surface area contributed by atoms with Crippen molar-refractivity contribution >= 4 is 23.0 Å². The topological polar surface area (TPSA) is 48.7 Å². The van der Waals surface area contributed by atoms with Crippen molar-refractivity contribution in [3.63, 3.8) is 0 Å². The molecule has 1 N–H and O–H groups in total. The molecule has 0 aliphatic carbocycles. The molecule has 0 radical (unpaired) electrons. The Morgan fingerprint density at radius 3 is 2.82 bits per heavy atom. The molecule has 3 nitrogen and oxygen atoms in total. The van der Waals surface area contributed by atoms with Gasteiger partial charge >= 0.3 is 0 Å². The van der Waals surface area contributed by atoms with Crippen molar-refractivity contribution in [2.45, 2.75) is 6.92 Å². The summed E-state index contributed by atoms with van der Waals surface area (Å²) in [7, 11) is 0. The van der Waals surface area contributed by atoms with Gasteiger partial charge in [-0.15, -0.1) is 0 Å². The molecule has 1 aromatic carbocycles. The van der Waals surface area contributed by atoms with Gasteiger partial charge in [0.05, 0.1) is 22.5 Å². The Morgan fingerprint density at radius 2 is 2.18 bits per heavy atom. The van der Waals surface area contributed by atoms with Crippen molar-refractivity contribution in [3.05, 3.63) is 52.8 Å². The third kappa shape index (κ3) is 2.55. The van der Waals surface area contributed by atoms with Crippen LogP contribution in [0.15, 0.2) is 36.7 Å². The predicted molar refractivity (Wildman–Crippen MR) is 68.4 cm³/mol. The molecule has 0 fully saturated rings. The number of aromatic nitrogens is 1. The lowest BCUT2D eigenvalue weighted by molar-refractivity contribution is 1.28. The van der Waals surface area contributed by atoms with Crippen molar-refractivity contribution in [3.8, 4) is 6.07 Å². The fourth-order valence-corrected chi connectivity index (χ4v) is 1.66. The second-order valence-electron chi connectivity index (χ2n) is 3.62. The summed E-state index contributed by atoms with van der Waals surface area (Å²) in [5.41, 5.74) is 3.33. The van der Waals surface area contributed by atoms with Crippen LogP contribution in [0.2, 0.25) is 5.02 Å². The molecule has 0 amide bonds. The van der Waals surface area contributed by atoms with Crippen LogP contribution < -0.4 is 5.32 Å². The highest BCUT2D eigenvalue weighted by Gasteiger charge is 2.02. The normalized spacial score (nSPS) is 9.71. The summed E-state index contributed by atoms with van der Waals surface area (Å²) in [6, 6.07) is 9.19. The third-order valence-electron chi connectivity index (χ3n) is 2.41. The Kier molecular flexibility index (Phi) is 3.27. The van der Waals surface area contributed by atoms with E-state index in [-0.39, 0.29) is 0 Å². The number of hydrogen-bond acceptors (Lipinski definition) is 3. The maximum atomic E-state index is 8.78. The van der Waals surface area contributed by atoms with Gasteiger partial charge in [-0.05, 0) is 36.8 Å². The Hall–Kier alpha value is -2.05. The van der Waals surface area contributed by atoms with E-state index >= 15 is 0 Å². The number of halogens is 1. The van der Waals surface area contributed by atoms with Gasteiger partial charge in [0.15, 0.2) is 0 Å². The Morgan fingerprint density at radius 1 is 1.35 bits per heavy atom. The molecular formula is C13H10ClN3. The quantitative estimate of drug-likeness (QED) is 0.876.